The minimum absolute atomic E-state index is 0.0837. The van der Waals surface area contributed by atoms with E-state index in [9.17, 15) is 4.79 Å². The molecule has 0 bridgehead atoms. The lowest BCUT2D eigenvalue weighted by atomic mass is 10.2. The highest BCUT2D eigenvalue weighted by Crippen LogP contribution is 2.21. The van der Waals surface area contributed by atoms with Gasteiger partial charge in [-0.05, 0) is 38.5 Å². The monoisotopic (exact) mass is 290 g/mol. The third-order valence-electron chi connectivity index (χ3n) is 2.57. The lowest BCUT2D eigenvalue weighted by Crippen LogP contribution is -2.13. The largest absolute Gasteiger partial charge is 0.462 e. The average Bonchev–Trinajstić information content (AvgIpc) is 2.84. The zero-order valence-corrected chi connectivity index (χ0v) is 12.7. The molecule has 0 fully saturated rings. The van der Waals surface area contributed by atoms with E-state index in [-0.39, 0.29) is 17.8 Å². The topological polar surface area (TPSA) is 44.1 Å². The third kappa shape index (κ3) is 3.87. The van der Waals surface area contributed by atoms with Gasteiger partial charge in [0.15, 0.2) is 5.16 Å². The summed E-state index contributed by atoms with van der Waals surface area (Å²) in [5, 5.41) is 0.788. The summed E-state index contributed by atoms with van der Waals surface area (Å²) in [4.78, 5) is 15.9. The van der Waals surface area contributed by atoms with Gasteiger partial charge in [0, 0.05) is 18.1 Å². The summed E-state index contributed by atoms with van der Waals surface area (Å²) in [6.45, 7) is 5.74. The Kier molecular flexibility index (Phi) is 4.84. The van der Waals surface area contributed by atoms with Crippen molar-refractivity contribution in [1.82, 2.24) is 9.55 Å². The van der Waals surface area contributed by atoms with Gasteiger partial charge in [-0.2, -0.15) is 0 Å². The first-order chi connectivity index (χ1) is 9.56. The minimum atomic E-state index is -0.219. The first-order valence-electron chi connectivity index (χ1n) is 6.49. The lowest BCUT2D eigenvalue weighted by Gasteiger charge is -2.09. The fourth-order valence-electron chi connectivity index (χ4n) is 1.79. The van der Waals surface area contributed by atoms with E-state index >= 15 is 0 Å². The number of esters is 1. The Morgan fingerprint density at radius 1 is 1.45 bits per heavy atom. The molecule has 0 atom stereocenters. The maximum Gasteiger partial charge on any atom is 0.316 e. The van der Waals surface area contributed by atoms with Gasteiger partial charge in [0.1, 0.15) is 0 Å². The summed E-state index contributed by atoms with van der Waals surface area (Å²) in [6, 6.07) is 8.16. The average molecular weight is 290 g/mol. The van der Waals surface area contributed by atoms with Gasteiger partial charge < -0.3 is 4.74 Å². The van der Waals surface area contributed by atoms with Gasteiger partial charge in [0.25, 0.3) is 0 Å². The van der Waals surface area contributed by atoms with Gasteiger partial charge >= 0.3 is 5.97 Å². The maximum absolute atomic E-state index is 11.6. The van der Waals surface area contributed by atoms with E-state index < -0.39 is 0 Å². The number of aromatic nitrogens is 2. The van der Waals surface area contributed by atoms with Crippen molar-refractivity contribution in [3.63, 3.8) is 0 Å². The molecule has 2 rings (SSSR count). The molecule has 1 aromatic heterocycles. The molecule has 20 heavy (non-hydrogen) atoms. The zero-order valence-electron chi connectivity index (χ0n) is 11.9. The maximum atomic E-state index is 11.6. The van der Waals surface area contributed by atoms with Crippen LogP contribution in [0.25, 0.3) is 5.69 Å². The summed E-state index contributed by atoms with van der Waals surface area (Å²) in [5.74, 6) is 0.0462. The molecule has 0 saturated carbocycles. The van der Waals surface area contributed by atoms with Crippen molar-refractivity contribution in [1.29, 1.82) is 0 Å². The summed E-state index contributed by atoms with van der Waals surface area (Å²) in [5.41, 5.74) is 2.23. The van der Waals surface area contributed by atoms with Crippen LogP contribution in [0, 0.1) is 6.92 Å². The van der Waals surface area contributed by atoms with Crippen molar-refractivity contribution in [2.24, 2.45) is 0 Å². The molecule has 0 N–H and O–H groups in total. The van der Waals surface area contributed by atoms with E-state index in [0.29, 0.717) is 0 Å². The highest BCUT2D eigenvalue weighted by Gasteiger charge is 2.11. The third-order valence-corrected chi connectivity index (χ3v) is 3.51. The second-order valence-corrected chi connectivity index (χ2v) is 5.69. The number of rotatable bonds is 5. The Balaban J connectivity index is 2.08. The van der Waals surface area contributed by atoms with Gasteiger partial charge in [0.05, 0.1) is 11.9 Å². The van der Waals surface area contributed by atoms with Crippen molar-refractivity contribution in [3.05, 3.63) is 42.2 Å². The van der Waals surface area contributed by atoms with E-state index in [4.69, 9.17) is 4.74 Å². The van der Waals surface area contributed by atoms with Crippen LogP contribution in [0.1, 0.15) is 19.4 Å². The smallest absolute Gasteiger partial charge is 0.316 e. The zero-order chi connectivity index (χ0) is 14.5. The normalized spacial score (nSPS) is 10.8. The van der Waals surface area contributed by atoms with E-state index in [0.717, 1.165) is 10.8 Å². The van der Waals surface area contributed by atoms with E-state index in [2.05, 4.69) is 11.1 Å². The highest BCUT2D eigenvalue weighted by atomic mass is 32.2. The molecular formula is C15H18N2O2S. The minimum Gasteiger partial charge on any atom is -0.462 e. The Morgan fingerprint density at radius 3 is 2.95 bits per heavy atom. The predicted molar refractivity (Wildman–Crippen MR) is 80.3 cm³/mol. The molecule has 0 aliphatic rings. The Morgan fingerprint density at radius 2 is 2.25 bits per heavy atom. The molecule has 0 unspecified atom stereocenters. The SMILES string of the molecule is Cc1cccc(-n2ccnc2SCC(=O)OC(C)C)c1. The van der Waals surface area contributed by atoms with Crippen LogP contribution in [0.15, 0.2) is 41.8 Å². The molecule has 0 spiro atoms. The molecule has 1 heterocycles. The Hall–Kier alpha value is -1.75. The second-order valence-electron chi connectivity index (χ2n) is 4.75. The number of hydrogen-bond acceptors (Lipinski definition) is 4. The summed E-state index contributed by atoms with van der Waals surface area (Å²) in [7, 11) is 0. The molecule has 2 aromatic rings. The molecular weight excluding hydrogens is 272 g/mol. The van der Waals surface area contributed by atoms with Gasteiger partial charge in [-0.1, -0.05) is 23.9 Å². The molecule has 0 saturated heterocycles. The number of hydrogen-bond donors (Lipinski definition) is 0. The van der Waals surface area contributed by atoms with Gasteiger partial charge in [-0.25, -0.2) is 4.98 Å². The molecule has 0 amide bonds. The summed E-state index contributed by atoms with van der Waals surface area (Å²) >= 11 is 1.38. The molecule has 0 aliphatic heterocycles. The van der Waals surface area contributed by atoms with Crippen LogP contribution in [-0.4, -0.2) is 27.4 Å². The molecule has 0 aliphatic carbocycles. The molecule has 5 heteroatoms. The van der Waals surface area contributed by atoms with Gasteiger partial charge in [-0.15, -0.1) is 0 Å². The van der Waals surface area contributed by atoms with Crippen molar-refractivity contribution < 1.29 is 9.53 Å². The molecule has 0 radical (unpaired) electrons. The van der Waals surface area contributed by atoms with Crippen LogP contribution in [-0.2, 0) is 9.53 Å². The number of thioether (sulfide) groups is 1. The molecule has 106 valence electrons. The number of imidazole rings is 1. The standard InChI is InChI=1S/C15H18N2O2S/c1-11(2)19-14(18)10-20-15-16-7-8-17(15)13-6-4-5-12(3)9-13/h4-9,11H,10H2,1-3H3. The van der Waals surface area contributed by atoms with Crippen LogP contribution in [0.4, 0.5) is 0 Å². The van der Waals surface area contributed by atoms with Gasteiger partial charge in [-0.3, -0.25) is 9.36 Å². The van der Waals surface area contributed by atoms with Crippen LogP contribution < -0.4 is 0 Å². The summed E-state index contributed by atoms with van der Waals surface area (Å²) in [6.07, 6.45) is 3.54. The van der Waals surface area contributed by atoms with E-state index in [1.165, 1.54) is 17.3 Å². The van der Waals surface area contributed by atoms with Crippen molar-refractivity contribution in [2.45, 2.75) is 32.0 Å². The van der Waals surface area contributed by atoms with E-state index in [1.807, 2.05) is 49.7 Å². The van der Waals surface area contributed by atoms with Crippen molar-refractivity contribution >= 4 is 17.7 Å². The predicted octanol–water partition coefficient (Wildman–Crippen LogP) is 3.22. The Labute approximate surface area is 123 Å². The fourth-order valence-corrected chi connectivity index (χ4v) is 2.55. The number of ether oxygens (including phenoxy) is 1. The van der Waals surface area contributed by atoms with Crippen LogP contribution in [0.3, 0.4) is 0 Å². The van der Waals surface area contributed by atoms with Crippen molar-refractivity contribution in [2.75, 3.05) is 5.75 Å². The number of aryl methyl sites for hydroxylation is 1. The summed E-state index contributed by atoms with van der Waals surface area (Å²) < 4.78 is 7.09. The first-order valence-corrected chi connectivity index (χ1v) is 7.47. The number of nitrogens with zero attached hydrogens (tertiary/aromatic N) is 2. The fraction of sp³-hybridized carbons (Fsp3) is 0.333. The quantitative estimate of drug-likeness (QED) is 0.626. The Bertz CT molecular complexity index is 593. The van der Waals surface area contributed by atoms with Crippen molar-refractivity contribution in [3.8, 4) is 5.69 Å². The lowest BCUT2D eigenvalue weighted by molar-refractivity contribution is -0.144. The molecule has 4 nitrogen and oxygen atoms in total. The highest BCUT2D eigenvalue weighted by molar-refractivity contribution is 7.99. The van der Waals surface area contributed by atoms with Gasteiger partial charge in [0.2, 0.25) is 0 Å². The number of benzene rings is 1. The number of carbonyl (C=O) groups is 1. The van der Waals surface area contributed by atoms with Crippen LogP contribution in [0.2, 0.25) is 0 Å². The second kappa shape index (κ2) is 6.61. The van der Waals surface area contributed by atoms with Crippen LogP contribution >= 0.6 is 11.8 Å². The molecule has 1 aromatic carbocycles. The number of carbonyl (C=O) groups excluding carboxylic acids is 1. The van der Waals surface area contributed by atoms with Crippen LogP contribution in [0.5, 0.6) is 0 Å². The van der Waals surface area contributed by atoms with E-state index in [1.54, 1.807) is 6.20 Å². The first kappa shape index (κ1) is 14.7.